The topological polar surface area (TPSA) is 3.24 Å². The Kier molecular flexibility index (Phi) is 4.82. The van der Waals surface area contributed by atoms with E-state index in [1.165, 1.54) is 5.57 Å². The lowest BCUT2D eigenvalue weighted by Gasteiger charge is -2.33. The minimum Gasteiger partial charge on any atom is -0.375 e. The highest BCUT2D eigenvalue weighted by Crippen LogP contribution is 2.19. The summed E-state index contributed by atoms with van der Waals surface area (Å²) in [5.41, 5.74) is 2.37. The minimum atomic E-state index is 0.537. The van der Waals surface area contributed by atoms with Crippen LogP contribution in [0, 0.1) is 5.92 Å². The summed E-state index contributed by atoms with van der Waals surface area (Å²) in [6.07, 6.45) is 1.06. The first-order valence-electron chi connectivity index (χ1n) is 4.89. The molecule has 76 valence electrons. The summed E-state index contributed by atoms with van der Waals surface area (Å²) in [5, 5.41) is 0. The zero-order valence-electron chi connectivity index (χ0n) is 9.72. The Morgan fingerprint density at radius 3 is 1.92 bits per heavy atom. The van der Waals surface area contributed by atoms with Crippen molar-refractivity contribution in [1.29, 1.82) is 0 Å². The summed E-state index contributed by atoms with van der Waals surface area (Å²) in [4.78, 5) is 2.25. The van der Waals surface area contributed by atoms with E-state index in [0.717, 1.165) is 12.1 Å². The highest BCUT2D eigenvalue weighted by atomic mass is 15.1. The molecule has 0 saturated heterocycles. The molecule has 0 aliphatic carbocycles. The summed E-state index contributed by atoms with van der Waals surface area (Å²) in [6, 6.07) is 0.537. The first kappa shape index (κ1) is 12.3. The fourth-order valence-electron chi connectivity index (χ4n) is 1.46. The first-order chi connectivity index (χ1) is 5.86. The van der Waals surface area contributed by atoms with Crippen LogP contribution in [0.5, 0.6) is 0 Å². The molecule has 0 bridgehead atoms. The van der Waals surface area contributed by atoms with Crippen LogP contribution in [-0.2, 0) is 0 Å². The molecule has 13 heavy (non-hydrogen) atoms. The quantitative estimate of drug-likeness (QED) is 0.587. The fraction of sp³-hybridized carbons (Fsp3) is 0.667. The Balaban J connectivity index is 4.41. The third-order valence-corrected chi connectivity index (χ3v) is 2.43. The van der Waals surface area contributed by atoms with Crippen molar-refractivity contribution in [3.63, 3.8) is 0 Å². The van der Waals surface area contributed by atoms with Crippen molar-refractivity contribution < 1.29 is 0 Å². The third kappa shape index (κ3) is 4.16. The van der Waals surface area contributed by atoms with Crippen LogP contribution in [-0.4, -0.2) is 18.0 Å². The Morgan fingerprint density at radius 2 is 1.69 bits per heavy atom. The maximum atomic E-state index is 3.96. The molecule has 0 aromatic heterocycles. The molecule has 0 saturated carbocycles. The Morgan fingerprint density at radius 1 is 1.23 bits per heavy atom. The zero-order valence-corrected chi connectivity index (χ0v) is 9.72. The maximum Gasteiger partial charge on any atom is 0.0343 e. The normalized spacial score (nSPS) is 12.8. The van der Waals surface area contributed by atoms with E-state index < -0.39 is 0 Å². The fourth-order valence-corrected chi connectivity index (χ4v) is 1.46. The molecular weight excluding hydrogens is 158 g/mol. The van der Waals surface area contributed by atoms with Crippen LogP contribution in [0.1, 0.15) is 34.1 Å². The molecular formula is C12H23N. The lowest BCUT2D eigenvalue weighted by Crippen LogP contribution is -2.34. The maximum absolute atomic E-state index is 3.96. The molecule has 1 unspecified atom stereocenters. The van der Waals surface area contributed by atoms with Crippen LogP contribution in [0.15, 0.2) is 24.4 Å². The van der Waals surface area contributed by atoms with Gasteiger partial charge in [-0.25, -0.2) is 0 Å². The van der Waals surface area contributed by atoms with Crippen molar-refractivity contribution >= 4 is 0 Å². The van der Waals surface area contributed by atoms with Crippen LogP contribution in [0.25, 0.3) is 0 Å². The number of hydrogen-bond acceptors (Lipinski definition) is 1. The molecule has 0 N–H and O–H groups in total. The van der Waals surface area contributed by atoms with Gasteiger partial charge in [-0.3, -0.25) is 0 Å². The zero-order chi connectivity index (χ0) is 10.6. The number of hydrogen-bond donors (Lipinski definition) is 0. The largest absolute Gasteiger partial charge is 0.375 e. The molecule has 0 amide bonds. The molecule has 0 aliphatic rings. The molecule has 0 aromatic carbocycles. The van der Waals surface area contributed by atoms with E-state index in [2.05, 4.69) is 45.9 Å². The van der Waals surface area contributed by atoms with Crippen molar-refractivity contribution in [2.75, 3.05) is 7.05 Å². The Hall–Kier alpha value is -0.720. The summed E-state index contributed by atoms with van der Waals surface area (Å²) in [6.45, 7) is 16.5. The van der Waals surface area contributed by atoms with Gasteiger partial charge in [0.2, 0.25) is 0 Å². The van der Waals surface area contributed by atoms with Crippen molar-refractivity contribution in [2.24, 2.45) is 5.92 Å². The predicted octanol–water partition coefficient (Wildman–Crippen LogP) is 3.44. The van der Waals surface area contributed by atoms with E-state index in [9.17, 15) is 0 Å². The van der Waals surface area contributed by atoms with Gasteiger partial charge in [0.1, 0.15) is 0 Å². The van der Waals surface area contributed by atoms with Gasteiger partial charge in [0.25, 0.3) is 0 Å². The number of rotatable bonds is 5. The number of nitrogens with zero attached hydrogens (tertiary/aromatic N) is 1. The number of allylic oxidation sites excluding steroid dienone is 1. The van der Waals surface area contributed by atoms with Gasteiger partial charge in [-0.05, 0) is 26.2 Å². The van der Waals surface area contributed by atoms with E-state index in [0.29, 0.717) is 12.0 Å². The average molecular weight is 181 g/mol. The van der Waals surface area contributed by atoms with E-state index in [1.54, 1.807) is 0 Å². The highest BCUT2D eigenvalue weighted by Gasteiger charge is 2.17. The van der Waals surface area contributed by atoms with Crippen LogP contribution >= 0.6 is 0 Å². The Labute approximate surface area is 83.1 Å². The smallest absolute Gasteiger partial charge is 0.0343 e. The van der Waals surface area contributed by atoms with E-state index in [-0.39, 0.29) is 0 Å². The van der Waals surface area contributed by atoms with Gasteiger partial charge in [-0.2, -0.15) is 0 Å². The third-order valence-electron chi connectivity index (χ3n) is 2.43. The van der Waals surface area contributed by atoms with E-state index in [4.69, 9.17) is 0 Å². The van der Waals surface area contributed by atoms with Gasteiger partial charge in [0.15, 0.2) is 0 Å². The van der Waals surface area contributed by atoms with E-state index >= 15 is 0 Å². The first-order valence-corrected chi connectivity index (χ1v) is 4.89. The van der Waals surface area contributed by atoms with Gasteiger partial charge in [-0.15, -0.1) is 6.58 Å². The summed E-state index contributed by atoms with van der Waals surface area (Å²) in [7, 11) is 2.11. The Bertz CT molecular complexity index is 191. The molecule has 0 fully saturated rings. The van der Waals surface area contributed by atoms with Gasteiger partial charge < -0.3 is 4.90 Å². The lowest BCUT2D eigenvalue weighted by atomic mass is 9.96. The van der Waals surface area contributed by atoms with Gasteiger partial charge in [-0.1, -0.05) is 26.0 Å². The second kappa shape index (κ2) is 5.11. The average Bonchev–Trinajstić information content (AvgIpc) is 1.97. The lowest BCUT2D eigenvalue weighted by molar-refractivity contribution is 0.239. The van der Waals surface area contributed by atoms with Crippen molar-refractivity contribution in [3.8, 4) is 0 Å². The summed E-state index contributed by atoms with van der Waals surface area (Å²) >= 11 is 0. The predicted molar refractivity (Wildman–Crippen MR) is 60.6 cm³/mol. The molecule has 0 rings (SSSR count). The standard InChI is InChI=1S/C12H23N/c1-9(2)8-12(10(3)4)13(7)11(5)6/h10,12H,1,5,8H2,2-4,6-7H3. The summed E-state index contributed by atoms with van der Waals surface area (Å²) in [5.74, 6) is 0.637. The molecule has 0 heterocycles. The van der Waals surface area contributed by atoms with Crippen LogP contribution in [0.2, 0.25) is 0 Å². The second-order valence-corrected chi connectivity index (χ2v) is 4.32. The molecule has 0 aliphatic heterocycles. The minimum absolute atomic E-state index is 0.537. The molecule has 0 spiro atoms. The molecule has 1 atom stereocenters. The van der Waals surface area contributed by atoms with Crippen molar-refractivity contribution in [2.45, 2.75) is 40.2 Å². The molecule has 1 heteroatoms. The van der Waals surface area contributed by atoms with Gasteiger partial charge in [0.05, 0.1) is 0 Å². The molecule has 0 aromatic rings. The SMILES string of the molecule is C=C(C)CC(C(C)C)N(C)C(=C)C. The monoisotopic (exact) mass is 181 g/mol. The molecule has 0 radical (unpaired) electrons. The van der Waals surface area contributed by atoms with Crippen LogP contribution < -0.4 is 0 Å². The van der Waals surface area contributed by atoms with E-state index in [1.807, 2.05) is 6.92 Å². The van der Waals surface area contributed by atoms with Gasteiger partial charge in [0, 0.05) is 18.8 Å². The molecule has 1 nitrogen and oxygen atoms in total. The second-order valence-electron chi connectivity index (χ2n) is 4.32. The van der Waals surface area contributed by atoms with Crippen molar-refractivity contribution in [3.05, 3.63) is 24.4 Å². The summed E-state index contributed by atoms with van der Waals surface area (Å²) < 4.78 is 0. The van der Waals surface area contributed by atoms with Crippen LogP contribution in [0.3, 0.4) is 0 Å². The van der Waals surface area contributed by atoms with Gasteiger partial charge >= 0.3 is 0 Å². The highest BCUT2D eigenvalue weighted by molar-refractivity contribution is 4.99. The van der Waals surface area contributed by atoms with Crippen LogP contribution in [0.4, 0.5) is 0 Å². The van der Waals surface area contributed by atoms with Crippen molar-refractivity contribution in [1.82, 2.24) is 4.90 Å².